The molecule has 3 amide bonds. The van der Waals surface area contributed by atoms with Crippen molar-refractivity contribution in [2.75, 3.05) is 44.2 Å². The minimum atomic E-state index is -4.36. The maximum Gasteiger partial charge on any atom is 0.416 e. The molecule has 0 unspecified atom stereocenters. The SMILES string of the molecule is O=C(NCCCN1CCN(c2cccc(C(F)(F)F)c2)CC1)c1ccc2c(c1)C(=O)NC2=O. The van der Waals surface area contributed by atoms with Crippen molar-refractivity contribution in [2.45, 2.75) is 12.6 Å². The number of imide groups is 1. The maximum atomic E-state index is 12.9. The minimum Gasteiger partial charge on any atom is -0.369 e. The van der Waals surface area contributed by atoms with Crippen LogP contribution >= 0.6 is 0 Å². The molecule has 10 heteroatoms. The van der Waals surface area contributed by atoms with Crippen LogP contribution in [-0.4, -0.2) is 61.9 Å². The number of fused-ring (bicyclic) bond motifs is 1. The van der Waals surface area contributed by atoms with Gasteiger partial charge in [-0.15, -0.1) is 0 Å². The molecule has 0 bridgehead atoms. The number of alkyl halides is 3. The number of nitrogens with one attached hydrogen (secondary N) is 2. The van der Waals surface area contributed by atoms with E-state index in [0.717, 1.165) is 25.7 Å². The van der Waals surface area contributed by atoms with Crippen molar-refractivity contribution >= 4 is 23.4 Å². The first-order valence-electron chi connectivity index (χ1n) is 10.6. The monoisotopic (exact) mass is 460 g/mol. The second kappa shape index (κ2) is 9.22. The summed E-state index contributed by atoms with van der Waals surface area (Å²) in [7, 11) is 0. The van der Waals surface area contributed by atoms with Crippen LogP contribution in [0.15, 0.2) is 42.5 Å². The van der Waals surface area contributed by atoms with Crippen molar-refractivity contribution in [1.29, 1.82) is 0 Å². The van der Waals surface area contributed by atoms with Gasteiger partial charge in [-0.2, -0.15) is 13.2 Å². The predicted molar refractivity (Wildman–Crippen MR) is 115 cm³/mol. The highest BCUT2D eigenvalue weighted by Gasteiger charge is 2.31. The number of carbonyl (C=O) groups is 3. The standard InChI is InChI=1S/C23H23F3N4O3/c24-23(25,26)16-3-1-4-17(14-16)30-11-9-29(10-12-30)8-2-7-27-20(31)15-5-6-18-19(13-15)22(33)28-21(18)32/h1,3-6,13-14H,2,7-12H2,(H,27,31)(H,28,32,33). The Balaban J connectivity index is 1.21. The zero-order chi connectivity index (χ0) is 23.6. The number of nitrogens with zero attached hydrogens (tertiary/aromatic N) is 2. The summed E-state index contributed by atoms with van der Waals surface area (Å²) in [5, 5.41) is 5.00. The number of rotatable bonds is 6. The van der Waals surface area contributed by atoms with E-state index in [9.17, 15) is 27.6 Å². The summed E-state index contributed by atoms with van der Waals surface area (Å²) < 4.78 is 38.8. The van der Waals surface area contributed by atoms with Gasteiger partial charge in [0.05, 0.1) is 16.7 Å². The molecule has 1 fully saturated rings. The molecule has 2 aromatic rings. The van der Waals surface area contributed by atoms with Crippen LogP contribution in [0, 0.1) is 0 Å². The summed E-state index contributed by atoms with van der Waals surface area (Å²) in [6, 6.07) is 9.78. The highest BCUT2D eigenvalue weighted by molar-refractivity contribution is 6.22. The van der Waals surface area contributed by atoms with E-state index >= 15 is 0 Å². The van der Waals surface area contributed by atoms with Crippen LogP contribution in [0.4, 0.5) is 18.9 Å². The van der Waals surface area contributed by atoms with E-state index in [0.29, 0.717) is 37.3 Å². The van der Waals surface area contributed by atoms with Crippen LogP contribution in [0.25, 0.3) is 0 Å². The Bertz CT molecular complexity index is 1080. The number of hydrogen-bond donors (Lipinski definition) is 2. The lowest BCUT2D eigenvalue weighted by Gasteiger charge is -2.36. The van der Waals surface area contributed by atoms with Crippen LogP contribution in [0.2, 0.25) is 0 Å². The molecule has 2 aliphatic heterocycles. The van der Waals surface area contributed by atoms with Crippen LogP contribution in [-0.2, 0) is 6.18 Å². The third kappa shape index (κ3) is 5.16. The van der Waals surface area contributed by atoms with Crippen molar-refractivity contribution in [3.05, 3.63) is 64.7 Å². The lowest BCUT2D eigenvalue weighted by molar-refractivity contribution is -0.137. The summed E-state index contributed by atoms with van der Waals surface area (Å²) in [4.78, 5) is 39.8. The second-order valence-corrected chi connectivity index (χ2v) is 8.03. The van der Waals surface area contributed by atoms with Crippen molar-refractivity contribution in [3.8, 4) is 0 Å². The molecule has 0 aliphatic carbocycles. The van der Waals surface area contributed by atoms with Crippen molar-refractivity contribution < 1.29 is 27.6 Å². The quantitative estimate of drug-likeness (QED) is 0.512. The fourth-order valence-electron chi connectivity index (χ4n) is 4.02. The van der Waals surface area contributed by atoms with Gasteiger partial charge in [0.15, 0.2) is 0 Å². The van der Waals surface area contributed by atoms with E-state index in [2.05, 4.69) is 15.5 Å². The first-order chi connectivity index (χ1) is 15.7. The molecule has 7 nitrogen and oxygen atoms in total. The Morgan fingerprint density at radius 1 is 0.970 bits per heavy atom. The summed E-state index contributed by atoms with van der Waals surface area (Å²) in [6.45, 7) is 3.89. The Morgan fingerprint density at radius 2 is 1.70 bits per heavy atom. The van der Waals surface area contributed by atoms with Gasteiger partial charge in [-0.3, -0.25) is 24.6 Å². The molecule has 1 saturated heterocycles. The van der Waals surface area contributed by atoms with E-state index in [-0.39, 0.29) is 17.0 Å². The third-order valence-corrected chi connectivity index (χ3v) is 5.85. The van der Waals surface area contributed by atoms with Gasteiger partial charge in [0.1, 0.15) is 0 Å². The summed E-state index contributed by atoms with van der Waals surface area (Å²) in [5.41, 5.74) is 0.704. The molecule has 4 rings (SSSR count). The molecule has 33 heavy (non-hydrogen) atoms. The minimum absolute atomic E-state index is 0.200. The van der Waals surface area contributed by atoms with Gasteiger partial charge in [-0.25, -0.2) is 0 Å². The van der Waals surface area contributed by atoms with Crippen LogP contribution in [0.5, 0.6) is 0 Å². The van der Waals surface area contributed by atoms with Gasteiger partial charge < -0.3 is 10.2 Å². The van der Waals surface area contributed by atoms with Crippen LogP contribution in [0.1, 0.15) is 43.1 Å². The van der Waals surface area contributed by atoms with Crippen molar-refractivity contribution in [1.82, 2.24) is 15.5 Å². The normalized spacial score (nSPS) is 16.5. The van der Waals surface area contributed by atoms with Gasteiger partial charge in [0.2, 0.25) is 0 Å². The number of benzene rings is 2. The van der Waals surface area contributed by atoms with E-state index in [1.165, 1.54) is 30.3 Å². The Labute approximate surface area is 188 Å². The van der Waals surface area contributed by atoms with Gasteiger partial charge in [0, 0.05) is 44.0 Å². The van der Waals surface area contributed by atoms with E-state index in [4.69, 9.17) is 0 Å². The van der Waals surface area contributed by atoms with Crippen LogP contribution in [0.3, 0.4) is 0 Å². The number of halogens is 3. The largest absolute Gasteiger partial charge is 0.416 e. The van der Waals surface area contributed by atoms with Gasteiger partial charge in [0.25, 0.3) is 17.7 Å². The van der Waals surface area contributed by atoms with Crippen molar-refractivity contribution in [2.24, 2.45) is 0 Å². The number of hydrogen-bond acceptors (Lipinski definition) is 5. The predicted octanol–water partition coefficient (Wildman–Crippen LogP) is 2.53. The number of amides is 3. The smallest absolute Gasteiger partial charge is 0.369 e. The van der Waals surface area contributed by atoms with Gasteiger partial charge >= 0.3 is 6.18 Å². The second-order valence-electron chi connectivity index (χ2n) is 8.03. The lowest BCUT2D eigenvalue weighted by atomic mass is 10.1. The average molecular weight is 460 g/mol. The molecule has 2 heterocycles. The topological polar surface area (TPSA) is 81.8 Å². The number of anilines is 1. The summed E-state index contributed by atoms with van der Waals surface area (Å²) in [6.07, 6.45) is -3.65. The van der Waals surface area contributed by atoms with Gasteiger partial charge in [-0.05, 0) is 49.4 Å². The third-order valence-electron chi connectivity index (χ3n) is 5.85. The fraction of sp³-hybridized carbons (Fsp3) is 0.348. The molecule has 0 spiro atoms. The van der Waals surface area contributed by atoms with Crippen LogP contribution < -0.4 is 15.5 Å². The van der Waals surface area contributed by atoms with E-state index < -0.39 is 23.6 Å². The molecule has 0 aromatic heterocycles. The molecule has 0 radical (unpaired) electrons. The lowest BCUT2D eigenvalue weighted by Crippen LogP contribution is -2.47. The number of carbonyl (C=O) groups excluding carboxylic acids is 3. The zero-order valence-corrected chi connectivity index (χ0v) is 17.7. The Kier molecular flexibility index (Phi) is 6.37. The number of piperazine rings is 1. The first kappa shape index (κ1) is 22.8. The highest BCUT2D eigenvalue weighted by atomic mass is 19.4. The van der Waals surface area contributed by atoms with E-state index in [1.54, 1.807) is 6.07 Å². The molecular formula is C23H23F3N4O3. The first-order valence-corrected chi connectivity index (χ1v) is 10.6. The molecular weight excluding hydrogens is 437 g/mol. The Morgan fingerprint density at radius 3 is 2.42 bits per heavy atom. The molecule has 2 N–H and O–H groups in total. The highest BCUT2D eigenvalue weighted by Crippen LogP contribution is 2.31. The molecule has 0 atom stereocenters. The molecule has 2 aliphatic rings. The molecule has 2 aromatic carbocycles. The Hall–Kier alpha value is -3.40. The fourth-order valence-corrected chi connectivity index (χ4v) is 4.02. The zero-order valence-electron chi connectivity index (χ0n) is 17.7. The summed E-state index contributed by atoms with van der Waals surface area (Å²) in [5.74, 6) is -1.29. The maximum absolute atomic E-state index is 12.9. The average Bonchev–Trinajstić information content (AvgIpc) is 3.09. The van der Waals surface area contributed by atoms with Gasteiger partial charge in [-0.1, -0.05) is 6.07 Å². The van der Waals surface area contributed by atoms with Crippen molar-refractivity contribution in [3.63, 3.8) is 0 Å². The summed E-state index contributed by atoms with van der Waals surface area (Å²) >= 11 is 0. The molecule has 0 saturated carbocycles. The van der Waals surface area contributed by atoms with E-state index in [1.807, 2.05) is 4.90 Å². The molecule has 174 valence electrons.